The molecule has 2 heteroatoms. The van der Waals surface area contributed by atoms with E-state index in [4.69, 9.17) is 11.6 Å². The highest BCUT2D eigenvalue weighted by molar-refractivity contribution is 6.31. The van der Waals surface area contributed by atoms with Crippen LogP contribution in [0.1, 0.15) is 78.9 Å². The highest BCUT2D eigenvalue weighted by Gasteiger charge is 2.27. The van der Waals surface area contributed by atoms with E-state index in [0.717, 1.165) is 17.4 Å². The SMILES string of the molecule is CC(Cc1ccc(C(C)(C)C)cc1Cl)CN1CCCC(C(C)(C)C)CC1. The minimum atomic E-state index is 0.156. The van der Waals surface area contributed by atoms with Gasteiger partial charge < -0.3 is 4.90 Å². The number of nitrogens with zero attached hydrogens (tertiary/aromatic N) is 1. The molecule has 1 aliphatic heterocycles. The molecule has 1 fully saturated rings. The highest BCUT2D eigenvalue weighted by Crippen LogP contribution is 2.34. The maximum atomic E-state index is 6.60. The molecule has 1 heterocycles. The third kappa shape index (κ3) is 6.27. The van der Waals surface area contributed by atoms with E-state index in [2.05, 4.69) is 71.6 Å². The van der Waals surface area contributed by atoms with Crippen molar-refractivity contribution in [2.24, 2.45) is 17.3 Å². The van der Waals surface area contributed by atoms with Gasteiger partial charge in [0.25, 0.3) is 0 Å². The van der Waals surface area contributed by atoms with Gasteiger partial charge in [0.15, 0.2) is 0 Å². The predicted octanol–water partition coefficient (Wildman–Crippen LogP) is 6.96. The molecular formula is C24H40ClN. The third-order valence-electron chi connectivity index (χ3n) is 6.10. The lowest BCUT2D eigenvalue weighted by molar-refractivity contribution is 0.201. The van der Waals surface area contributed by atoms with Crippen molar-refractivity contribution in [2.45, 2.75) is 79.6 Å². The van der Waals surface area contributed by atoms with Crippen LogP contribution in [0.15, 0.2) is 18.2 Å². The summed E-state index contributed by atoms with van der Waals surface area (Å²) < 4.78 is 0. The van der Waals surface area contributed by atoms with E-state index in [1.54, 1.807) is 0 Å². The molecule has 0 bridgehead atoms. The van der Waals surface area contributed by atoms with Crippen LogP contribution in [-0.4, -0.2) is 24.5 Å². The first-order valence-corrected chi connectivity index (χ1v) is 10.9. The molecule has 1 aromatic carbocycles. The molecule has 0 aliphatic carbocycles. The van der Waals surface area contributed by atoms with E-state index in [9.17, 15) is 0 Å². The normalized spacial score (nSPS) is 21.5. The number of halogens is 1. The van der Waals surface area contributed by atoms with Crippen molar-refractivity contribution in [3.8, 4) is 0 Å². The molecule has 1 saturated heterocycles. The number of hydrogen-bond acceptors (Lipinski definition) is 1. The van der Waals surface area contributed by atoms with Crippen molar-refractivity contribution >= 4 is 11.6 Å². The lowest BCUT2D eigenvalue weighted by Gasteiger charge is -2.30. The van der Waals surface area contributed by atoms with Gasteiger partial charge in [-0.3, -0.25) is 0 Å². The lowest BCUT2D eigenvalue weighted by atomic mass is 9.77. The van der Waals surface area contributed by atoms with Crippen molar-refractivity contribution in [1.82, 2.24) is 4.90 Å². The van der Waals surface area contributed by atoms with E-state index >= 15 is 0 Å². The first kappa shape index (κ1) is 21.8. The van der Waals surface area contributed by atoms with Crippen LogP contribution in [0.3, 0.4) is 0 Å². The third-order valence-corrected chi connectivity index (χ3v) is 6.45. The molecule has 2 rings (SSSR count). The smallest absolute Gasteiger partial charge is 0.0441 e. The monoisotopic (exact) mass is 377 g/mol. The first-order valence-electron chi connectivity index (χ1n) is 10.5. The van der Waals surface area contributed by atoms with Gasteiger partial charge in [-0.2, -0.15) is 0 Å². The zero-order chi connectivity index (χ0) is 19.5. The molecule has 1 nitrogen and oxygen atoms in total. The molecule has 1 aromatic rings. The summed E-state index contributed by atoms with van der Waals surface area (Å²) in [6.45, 7) is 20.0. The van der Waals surface area contributed by atoms with Crippen molar-refractivity contribution in [1.29, 1.82) is 0 Å². The van der Waals surface area contributed by atoms with Gasteiger partial charge in [-0.25, -0.2) is 0 Å². The number of hydrogen-bond donors (Lipinski definition) is 0. The van der Waals surface area contributed by atoms with Gasteiger partial charge in [-0.15, -0.1) is 0 Å². The Morgan fingerprint density at radius 3 is 2.35 bits per heavy atom. The van der Waals surface area contributed by atoms with Crippen LogP contribution < -0.4 is 0 Å². The zero-order valence-corrected chi connectivity index (χ0v) is 18.9. The summed E-state index contributed by atoms with van der Waals surface area (Å²) in [4.78, 5) is 2.69. The Hall–Kier alpha value is -0.530. The summed E-state index contributed by atoms with van der Waals surface area (Å²) in [6, 6.07) is 6.68. The maximum absolute atomic E-state index is 6.60. The number of benzene rings is 1. The molecule has 0 N–H and O–H groups in total. The summed E-state index contributed by atoms with van der Waals surface area (Å²) >= 11 is 6.60. The molecule has 1 aliphatic rings. The molecule has 0 aromatic heterocycles. The number of likely N-dealkylation sites (tertiary alicyclic amines) is 1. The fourth-order valence-corrected chi connectivity index (χ4v) is 4.52. The summed E-state index contributed by atoms with van der Waals surface area (Å²) in [7, 11) is 0. The minimum absolute atomic E-state index is 0.156. The van der Waals surface area contributed by atoms with Crippen LogP contribution in [0.4, 0.5) is 0 Å². The largest absolute Gasteiger partial charge is 0.303 e. The van der Waals surface area contributed by atoms with Crippen LogP contribution >= 0.6 is 11.6 Å². The average molecular weight is 378 g/mol. The van der Waals surface area contributed by atoms with Crippen molar-refractivity contribution in [3.05, 3.63) is 34.3 Å². The summed E-state index contributed by atoms with van der Waals surface area (Å²) in [5.41, 5.74) is 3.22. The fraction of sp³-hybridized carbons (Fsp3) is 0.750. The average Bonchev–Trinajstić information content (AvgIpc) is 2.73. The standard InChI is InChI=1S/C24H40ClN/c1-18(15-19-10-11-21(16-22(19)25)24(5,6)7)17-26-13-8-9-20(12-14-26)23(2,3)4/h10-11,16,18,20H,8-9,12-15,17H2,1-7H3. The molecule has 0 saturated carbocycles. The fourth-order valence-electron chi connectivity index (χ4n) is 4.26. The molecule has 0 amide bonds. The van der Waals surface area contributed by atoms with E-state index < -0.39 is 0 Å². The summed E-state index contributed by atoms with van der Waals surface area (Å²) in [6.07, 6.45) is 5.14. The van der Waals surface area contributed by atoms with Gasteiger partial charge >= 0.3 is 0 Å². The topological polar surface area (TPSA) is 3.24 Å². The second-order valence-corrected chi connectivity index (χ2v) is 11.1. The second kappa shape index (κ2) is 8.65. The van der Waals surface area contributed by atoms with Crippen LogP contribution in [-0.2, 0) is 11.8 Å². The van der Waals surface area contributed by atoms with E-state index in [-0.39, 0.29) is 5.41 Å². The Morgan fingerprint density at radius 2 is 1.77 bits per heavy atom. The Labute approximate surface area is 167 Å². The Kier molecular flexibility index (Phi) is 7.24. The first-order chi connectivity index (χ1) is 12.0. The molecule has 0 radical (unpaired) electrons. The molecule has 2 unspecified atom stereocenters. The van der Waals surface area contributed by atoms with Crippen molar-refractivity contribution < 1.29 is 0 Å². The Balaban J connectivity index is 1.92. The molecule has 148 valence electrons. The van der Waals surface area contributed by atoms with Gasteiger partial charge in [0.1, 0.15) is 0 Å². The Morgan fingerprint density at radius 1 is 1.08 bits per heavy atom. The van der Waals surface area contributed by atoms with Gasteiger partial charge in [-0.1, -0.05) is 72.2 Å². The highest BCUT2D eigenvalue weighted by atomic mass is 35.5. The van der Waals surface area contributed by atoms with Gasteiger partial charge in [0.2, 0.25) is 0 Å². The van der Waals surface area contributed by atoms with Crippen LogP contribution in [0.25, 0.3) is 0 Å². The predicted molar refractivity (Wildman–Crippen MR) is 116 cm³/mol. The lowest BCUT2D eigenvalue weighted by Crippen LogP contribution is -2.31. The zero-order valence-electron chi connectivity index (χ0n) is 18.2. The summed E-state index contributed by atoms with van der Waals surface area (Å²) in [5.74, 6) is 1.50. The van der Waals surface area contributed by atoms with Crippen LogP contribution in [0.2, 0.25) is 5.02 Å². The van der Waals surface area contributed by atoms with E-state index in [1.165, 1.54) is 50.0 Å². The van der Waals surface area contributed by atoms with Crippen LogP contribution in [0, 0.1) is 17.3 Å². The van der Waals surface area contributed by atoms with Crippen molar-refractivity contribution in [3.63, 3.8) is 0 Å². The molecule has 26 heavy (non-hydrogen) atoms. The van der Waals surface area contributed by atoms with Gasteiger partial charge in [0, 0.05) is 11.6 Å². The summed E-state index contributed by atoms with van der Waals surface area (Å²) in [5, 5.41) is 0.938. The van der Waals surface area contributed by atoms with Crippen molar-refractivity contribution in [2.75, 3.05) is 19.6 Å². The maximum Gasteiger partial charge on any atom is 0.0441 e. The Bertz CT molecular complexity index is 579. The molecule has 0 spiro atoms. The molecular weight excluding hydrogens is 338 g/mol. The minimum Gasteiger partial charge on any atom is -0.303 e. The van der Waals surface area contributed by atoms with E-state index in [0.29, 0.717) is 11.3 Å². The quantitative estimate of drug-likeness (QED) is 0.547. The van der Waals surface area contributed by atoms with Gasteiger partial charge in [-0.05, 0) is 78.6 Å². The number of rotatable bonds is 4. The second-order valence-electron chi connectivity index (χ2n) is 10.7. The molecule has 2 atom stereocenters. The van der Waals surface area contributed by atoms with Gasteiger partial charge in [0.05, 0.1) is 0 Å². The van der Waals surface area contributed by atoms with Crippen LogP contribution in [0.5, 0.6) is 0 Å². The van der Waals surface area contributed by atoms with E-state index in [1.807, 2.05) is 0 Å².